The predicted octanol–water partition coefficient (Wildman–Crippen LogP) is 3.91. The van der Waals surface area contributed by atoms with Crippen molar-refractivity contribution in [1.29, 1.82) is 0 Å². The second-order valence-electron chi connectivity index (χ2n) is 5.16. The number of benzene rings is 1. The first-order chi connectivity index (χ1) is 9.22. The van der Waals surface area contributed by atoms with E-state index >= 15 is 0 Å². The van der Waals surface area contributed by atoms with E-state index in [9.17, 15) is 18.3 Å². The Kier molecular flexibility index (Phi) is 5.59. The van der Waals surface area contributed by atoms with Gasteiger partial charge in [-0.2, -0.15) is 13.2 Å². The van der Waals surface area contributed by atoms with Crippen molar-refractivity contribution < 1.29 is 18.3 Å². The Labute approximate surface area is 118 Å². The maximum absolute atomic E-state index is 12.7. The second-order valence-corrected chi connectivity index (χ2v) is 5.16. The standard InChI is InChI=1S/C15H22F3NO/c1-4-14(20,5-2)10-19-11(3)12-7-6-8-13(9-12)15(16,17)18/h6-9,11,19-20H,4-5,10H2,1-3H3. The minimum atomic E-state index is -4.33. The van der Waals surface area contributed by atoms with E-state index in [-0.39, 0.29) is 6.04 Å². The molecule has 0 heterocycles. The van der Waals surface area contributed by atoms with Crippen LogP contribution < -0.4 is 5.32 Å². The van der Waals surface area contributed by atoms with Crippen molar-refractivity contribution in [2.75, 3.05) is 6.54 Å². The Bertz CT molecular complexity index is 427. The summed E-state index contributed by atoms with van der Waals surface area (Å²) in [5.41, 5.74) is -0.894. The zero-order valence-electron chi connectivity index (χ0n) is 12.1. The van der Waals surface area contributed by atoms with Gasteiger partial charge in [0.15, 0.2) is 0 Å². The van der Waals surface area contributed by atoms with Gasteiger partial charge in [0.05, 0.1) is 11.2 Å². The molecule has 2 N–H and O–H groups in total. The molecule has 0 saturated carbocycles. The van der Waals surface area contributed by atoms with Gasteiger partial charge in [-0.15, -0.1) is 0 Å². The number of hydrogen-bond donors (Lipinski definition) is 2. The van der Waals surface area contributed by atoms with E-state index < -0.39 is 17.3 Å². The van der Waals surface area contributed by atoms with Crippen molar-refractivity contribution in [1.82, 2.24) is 5.32 Å². The highest BCUT2D eigenvalue weighted by atomic mass is 19.4. The van der Waals surface area contributed by atoms with E-state index in [1.54, 1.807) is 13.0 Å². The average Bonchev–Trinajstić information content (AvgIpc) is 2.43. The van der Waals surface area contributed by atoms with Crippen molar-refractivity contribution in [2.45, 2.75) is 51.4 Å². The van der Waals surface area contributed by atoms with E-state index in [4.69, 9.17) is 0 Å². The SMILES string of the molecule is CCC(O)(CC)CNC(C)c1cccc(C(F)(F)F)c1. The van der Waals surface area contributed by atoms with Crippen molar-refractivity contribution in [3.8, 4) is 0 Å². The van der Waals surface area contributed by atoms with Crippen LogP contribution in [0, 0.1) is 0 Å². The van der Waals surface area contributed by atoms with Gasteiger partial charge in [0.25, 0.3) is 0 Å². The van der Waals surface area contributed by atoms with E-state index in [1.807, 2.05) is 13.8 Å². The zero-order valence-corrected chi connectivity index (χ0v) is 12.1. The zero-order chi connectivity index (χ0) is 15.4. The van der Waals surface area contributed by atoms with Crippen LogP contribution in [0.4, 0.5) is 13.2 Å². The van der Waals surface area contributed by atoms with Gasteiger partial charge in [-0.05, 0) is 37.5 Å². The van der Waals surface area contributed by atoms with E-state index in [1.165, 1.54) is 6.07 Å². The first-order valence-corrected chi connectivity index (χ1v) is 6.85. The Hall–Kier alpha value is -1.07. The molecule has 114 valence electrons. The molecule has 0 radical (unpaired) electrons. The van der Waals surface area contributed by atoms with Crippen LogP contribution in [0.1, 0.15) is 50.8 Å². The summed E-state index contributed by atoms with van der Waals surface area (Å²) in [6.07, 6.45) is -3.12. The summed E-state index contributed by atoms with van der Waals surface area (Å²) in [4.78, 5) is 0. The molecule has 5 heteroatoms. The summed E-state index contributed by atoms with van der Waals surface area (Å²) in [6.45, 7) is 5.93. The van der Waals surface area contributed by atoms with Crippen LogP contribution in [0.2, 0.25) is 0 Å². The number of nitrogens with one attached hydrogen (secondary N) is 1. The number of rotatable bonds is 6. The third kappa shape index (κ3) is 4.49. The maximum Gasteiger partial charge on any atom is 0.416 e. The Morgan fingerprint density at radius 1 is 1.20 bits per heavy atom. The van der Waals surface area contributed by atoms with Crippen molar-refractivity contribution in [2.24, 2.45) is 0 Å². The van der Waals surface area contributed by atoms with Crippen molar-refractivity contribution >= 4 is 0 Å². The molecule has 0 saturated heterocycles. The smallest absolute Gasteiger partial charge is 0.389 e. The third-order valence-corrected chi connectivity index (χ3v) is 3.77. The minimum absolute atomic E-state index is 0.248. The van der Waals surface area contributed by atoms with Crippen molar-refractivity contribution in [3.05, 3.63) is 35.4 Å². The Balaban J connectivity index is 2.76. The number of halogens is 3. The molecule has 0 aromatic heterocycles. The highest BCUT2D eigenvalue weighted by Crippen LogP contribution is 2.30. The second kappa shape index (κ2) is 6.59. The van der Waals surface area contributed by atoms with Gasteiger partial charge < -0.3 is 10.4 Å². The summed E-state index contributed by atoms with van der Waals surface area (Å²) in [6, 6.07) is 5.02. The van der Waals surface area contributed by atoms with Crippen LogP contribution in [-0.2, 0) is 6.18 Å². The summed E-state index contributed by atoms with van der Waals surface area (Å²) in [5.74, 6) is 0. The maximum atomic E-state index is 12.7. The number of alkyl halides is 3. The van der Waals surface area contributed by atoms with Gasteiger partial charge in [0.1, 0.15) is 0 Å². The summed E-state index contributed by atoms with van der Waals surface area (Å²) in [5, 5.41) is 13.3. The first-order valence-electron chi connectivity index (χ1n) is 6.85. The molecule has 0 aliphatic heterocycles. The van der Waals surface area contributed by atoms with Crippen LogP contribution in [0.3, 0.4) is 0 Å². The van der Waals surface area contributed by atoms with E-state index in [0.29, 0.717) is 24.9 Å². The summed E-state index contributed by atoms with van der Waals surface area (Å²) < 4.78 is 38.0. The fraction of sp³-hybridized carbons (Fsp3) is 0.600. The highest BCUT2D eigenvalue weighted by molar-refractivity contribution is 5.27. The van der Waals surface area contributed by atoms with E-state index in [0.717, 1.165) is 12.1 Å². The molecule has 0 bridgehead atoms. The lowest BCUT2D eigenvalue weighted by Gasteiger charge is -2.28. The lowest BCUT2D eigenvalue weighted by molar-refractivity contribution is -0.137. The molecule has 20 heavy (non-hydrogen) atoms. The minimum Gasteiger partial charge on any atom is -0.389 e. The lowest BCUT2D eigenvalue weighted by atomic mass is 9.96. The lowest BCUT2D eigenvalue weighted by Crippen LogP contribution is -2.40. The molecule has 0 amide bonds. The quantitative estimate of drug-likeness (QED) is 0.832. The summed E-state index contributed by atoms with van der Waals surface area (Å²) in [7, 11) is 0. The molecule has 2 nitrogen and oxygen atoms in total. The van der Waals surface area contributed by atoms with Crippen LogP contribution in [0.15, 0.2) is 24.3 Å². The van der Waals surface area contributed by atoms with Gasteiger partial charge in [0, 0.05) is 12.6 Å². The molecule has 1 rings (SSSR count). The predicted molar refractivity (Wildman–Crippen MR) is 73.4 cm³/mol. The largest absolute Gasteiger partial charge is 0.416 e. The molecule has 1 atom stereocenters. The molecule has 0 fully saturated rings. The van der Waals surface area contributed by atoms with Crippen LogP contribution >= 0.6 is 0 Å². The molecular weight excluding hydrogens is 267 g/mol. The molecule has 1 aromatic carbocycles. The molecule has 0 spiro atoms. The summed E-state index contributed by atoms with van der Waals surface area (Å²) >= 11 is 0. The topological polar surface area (TPSA) is 32.3 Å². The van der Waals surface area contributed by atoms with Gasteiger partial charge in [-0.25, -0.2) is 0 Å². The Morgan fingerprint density at radius 3 is 2.30 bits per heavy atom. The first kappa shape index (κ1) is 17.0. The fourth-order valence-electron chi connectivity index (χ4n) is 1.95. The number of hydrogen-bond acceptors (Lipinski definition) is 2. The van der Waals surface area contributed by atoms with Gasteiger partial charge >= 0.3 is 6.18 Å². The molecule has 1 unspecified atom stereocenters. The molecule has 0 aliphatic rings. The van der Waals surface area contributed by atoms with Gasteiger partial charge in [-0.3, -0.25) is 0 Å². The van der Waals surface area contributed by atoms with Crippen LogP contribution in [-0.4, -0.2) is 17.3 Å². The fourth-order valence-corrected chi connectivity index (χ4v) is 1.95. The van der Waals surface area contributed by atoms with Crippen LogP contribution in [0.5, 0.6) is 0 Å². The monoisotopic (exact) mass is 289 g/mol. The van der Waals surface area contributed by atoms with Gasteiger partial charge in [-0.1, -0.05) is 26.0 Å². The molecule has 1 aromatic rings. The normalized spacial score (nSPS) is 14.3. The van der Waals surface area contributed by atoms with E-state index in [2.05, 4.69) is 5.32 Å². The molecule has 0 aliphatic carbocycles. The highest BCUT2D eigenvalue weighted by Gasteiger charge is 2.31. The Morgan fingerprint density at radius 2 is 1.80 bits per heavy atom. The van der Waals surface area contributed by atoms with Gasteiger partial charge in [0.2, 0.25) is 0 Å². The number of aliphatic hydroxyl groups is 1. The van der Waals surface area contributed by atoms with Crippen LogP contribution in [0.25, 0.3) is 0 Å². The molecular formula is C15H22F3NO. The van der Waals surface area contributed by atoms with Crippen molar-refractivity contribution in [3.63, 3.8) is 0 Å². The third-order valence-electron chi connectivity index (χ3n) is 3.77. The average molecular weight is 289 g/mol.